The van der Waals surface area contributed by atoms with Crippen molar-refractivity contribution >= 4 is 21.8 Å². The molecule has 4 nitrogen and oxygen atoms in total. The van der Waals surface area contributed by atoms with E-state index in [2.05, 4.69) is 21.0 Å². The normalized spacial score (nSPS) is 20.6. The maximum Gasteiger partial charge on any atom is 0.272 e. The molecular formula is C12H18BrN3O. The van der Waals surface area contributed by atoms with Crippen LogP contribution in [-0.2, 0) is 7.05 Å². The molecule has 0 spiro atoms. The standard InChI is InChI=1S/C12H18BrN3O/c1-9-6-11(15(2)14-9)12(17)16-5-3-4-10(7-13)8-16/h6,10H,3-5,7-8H2,1-2H3. The van der Waals surface area contributed by atoms with E-state index in [9.17, 15) is 4.79 Å². The van der Waals surface area contributed by atoms with Crippen LogP contribution in [0.3, 0.4) is 0 Å². The van der Waals surface area contributed by atoms with E-state index in [4.69, 9.17) is 0 Å². The van der Waals surface area contributed by atoms with Crippen molar-refractivity contribution in [3.63, 3.8) is 0 Å². The van der Waals surface area contributed by atoms with Gasteiger partial charge in [0.25, 0.3) is 5.91 Å². The third-order valence-corrected chi connectivity index (χ3v) is 4.16. The quantitative estimate of drug-likeness (QED) is 0.783. The van der Waals surface area contributed by atoms with Crippen molar-refractivity contribution in [2.24, 2.45) is 13.0 Å². The third kappa shape index (κ3) is 2.70. The minimum absolute atomic E-state index is 0.110. The van der Waals surface area contributed by atoms with Crippen LogP contribution in [0, 0.1) is 12.8 Å². The Bertz CT molecular complexity index is 416. The van der Waals surface area contributed by atoms with Crippen molar-refractivity contribution in [2.75, 3.05) is 18.4 Å². The predicted molar refractivity (Wildman–Crippen MR) is 70.4 cm³/mol. The van der Waals surface area contributed by atoms with Crippen LogP contribution in [-0.4, -0.2) is 39.0 Å². The number of piperidine rings is 1. The first kappa shape index (κ1) is 12.6. The van der Waals surface area contributed by atoms with Crippen molar-refractivity contribution in [1.29, 1.82) is 0 Å². The van der Waals surface area contributed by atoms with E-state index in [1.54, 1.807) is 4.68 Å². The molecule has 0 saturated carbocycles. The second-order valence-electron chi connectivity index (χ2n) is 4.71. The number of alkyl halides is 1. The first-order chi connectivity index (χ1) is 8.11. The highest BCUT2D eigenvalue weighted by Crippen LogP contribution is 2.20. The van der Waals surface area contributed by atoms with Gasteiger partial charge in [0.15, 0.2) is 0 Å². The van der Waals surface area contributed by atoms with Gasteiger partial charge in [-0.25, -0.2) is 0 Å². The van der Waals surface area contributed by atoms with Crippen LogP contribution in [0.15, 0.2) is 6.07 Å². The fourth-order valence-corrected chi connectivity index (χ4v) is 2.88. The van der Waals surface area contributed by atoms with Crippen molar-refractivity contribution in [2.45, 2.75) is 19.8 Å². The summed E-state index contributed by atoms with van der Waals surface area (Å²) in [4.78, 5) is 14.3. The van der Waals surface area contributed by atoms with Crippen molar-refractivity contribution < 1.29 is 4.79 Å². The minimum Gasteiger partial charge on any atom is -0.337 e. The molecule has 1 saturated heterocycles. The fourth-order valence-electron chi connectivity index (χ4n) is 2.35. The Hall–Kier alpha value is -0.840. The number of rotatable bonds is 2. The number of amides is 1. The molecule has 0 aromatic carbocycles. The molecule has 0 bridgehead atoms. The molecule has 1 atom stereocenters. The topological polar surface area (TPSA) is 38.1 Å². The summed E-state index contributed by atoms with van der Waals surface area (Å²) in [6.45, 7) is 3.63. The van der Waals surface area contributed by atoms with Crippen LogP contribution >= 0.6 is 15.9 Å². The molecule has 0 N–H and O–H groups in total. The monoisotopic (exact) mass is 299 g/mol. The van der Waals surface area contributed by atoms with Crippen LogP contribution in [0.2, 0.25) is 0 Å². The molecule has 1 aromatic rings. The summed E-state index contributed by atoms with van der Waals surface area (Å²) >= 11 is 3.51. The lowest BCUT2D eigenvalue weighted by atomic mass is 10.00. The second-order valence-corrected chi connectivity index (χ2v) is 5.36. The number of hydrogen-bond acceptors (Lipinski definition) is 2. The summed E-state index contributed by atoms with van der Waals surface area (Å²) in [7, 11) is 1.83. The van der Waals surface area contributed by atoms with Crippen molar-refractivity contribution in [1.82, 2.24) is 14.7 Å². The maximum absolute atomic E-state index is 12.3. The zero-order valence-corrected chi connectivity index (χ0v) is 11.9. The Morgan fingerprint density at radius 2 is 2.41 bits per heavy atom. The van der Waals surface area contributed by atoms with E-state index < -0.39 is 0 Å². The lowest BCUT2D eigenvalue weighted by Gasteiger charge is -2.31. The highest BCUT2D eigenvalue weighted by Gasteiger charge is 2.25. The zero-order valence-electron chi connectivity index (χ0n) is 10.3. The van der Waals surface area contributed by atoms with Crippen LogP contribution < -0.4 is 0 Å². The van der Waals surface area contributed by atoms with Gasteiger partial charge in [0.05, 0.1) is 5.69 Å². The van der Waals surface area contributed by atoms with Gasteiger partial charge >= 0.3 is 0 Å². The van der Waals surface area contributed by atoms with Gasteiger partial charge in [-0.3, -0.25) is 9.48 Å². The first-order valence-electron chi connectivity index (χ1n) is 5.97. The fraction of sp³-hybridized carbons (Fsp3) is 0.667. The summed E-state index contributed by atoms with van der Waals surface area (Å²) in [5.41, 5.74) is 1.59. The van der Waals surface area contributed by atoms with E-state index in [0.717, 1.165) is 30.5 Å². The third-order valence-electron chi connectivity index (χ3n) is 3.25. The summed E-state index contributed by atoms with van der Waals surface area (Å²) in [5, 5.41) is 5.20. The Balaban J connectivity index is 2.12. The van der Waals surface area contributed by atoms with Crippen LogP contribution in [0.1, 0.15) is 29.0 Å². The lowest BCUT2D eigenvalue weighted by molar-refractivity contribution is 0.0675. The van der Waals surface area contributed by atoms with Gasteiger partial charge in [0.2, 0.25) is 0 Å². The van der Waals surface area contributed by atoms with Gasteiger partial charge in [-0.2, -0.15) is 5.10 Å². The van der Waals surface area contributed by atoms with E-state index in [1.165, 1.54) is 6.42 Å². The average molecular weight is 300 g/mol. The summed E-state index contributed by atoms with van der Waals surface area (Å²) in [6, 6.07) is 1.86. The molecule has 1 amide bonds. The number of hydrogen-bond donors (Lipinski definition) is 0. The molecule has 0 aliphatic carbocycles. The number of aryl methyl sites for hydroxylation is 2. The number of carbonyl (C=O) groups is 1. The zero-order chi connectivity index (χ0) is 12.4. The molecule has 5 heteroatoms. The molecule has 1 unspecified atom stereocenters. The summed E-state index contributed by atoms with van der Waals surface area (Å²) < 4.78 is 1.68. The molecule has 0 radical (unpaired) electrons. The minimum atomic E-state index is 0.110. The van der Waals surface area contributed by atoms with Gasteiger partial charge in [0.1, 0.15) is 5.69 Å². The van der Waals surface area contributed by atoms with Crippen LogP contribution in [0.4, 0.5) is 0 Å². The number of nitrogens with zero attached hydrogens (tertiary/aromatic N) is 3. The highest BCUT2D eigenvalue weighted by atomic mass is 79.9. The SMILES string of the molecule is Cc1cc(C(=O)N2CCCC(CBr)C2)n(C)n1. The Labute approximate surface area is 110 Å². The Morgan fingerprint density at radius 3 is 3.00 bits per heavy atom. The summed E-state index contributed by atoms with van der Waals surface area (Å²) in [5.74, 6) is 0.695. The molecule has 17 heavy (non-hydrogen) atoms. The van der Waals surface area contributed by atoms with Gasteiger partial charge < -0.3 is 4.90 Å². The second kappa shape index (κ2) is 5.21. The molecule has 1 aromatic heterocycles. The predicted octanol–water partition coefficient (Wildman–Crippen LogP) is 1.98. The van der Waals surface area contributed by atoms with E-state index >= 15 is 0 Å². The van der Waals surface area contributed by atoms with Crippen LogP contribution in [0.5, 0.6) is 0 Å². The summed E-state index contributed by atoms with van der Waals surface area (Å²) in [6.07, 6.45) is 2.30. The van der Waals surface area contributed by atoms with Gasteiger partial charge in [-0.1, -0.05) is 15.9 Å². The molecular weight excluding hydrogens is 282 g/mol. The number of halogens is 1. The molecule has 1 fully saturated rings. The molecule has 2 rings (SSSR count). The van der Waals surface area contributed by atoms with E-state index in [0.29, 0.717) is 11.6 Å². The van der Waals surface area contributed by atoms with Gasteiger partial charge in [0, 0.05) is 25.5 Å². The van der Waals surface area contributed by atoms with Gasteiger partial charge in [-0.15, -0.1) is 0 Å². The molecule has 2 heterocycles. The number of carbonyl (C=O) groups excluding carboxylic acids is 1. The largest absolute Gasteiger partial charge is 0.337 e. The maximum atomic E-state index is 12.3. The molecule has 94 valence electrons. The smallest absolute Gasteiger partial charge is 0.272 e. The lowest BCUT2D eigenvalue weighted by Crippen LogP contribution is -2.41. The number of aromatic nitrogens is 2. The van der Waals surface area contributed by atoms with E-state index in [1.807, 2.05) is 24.9 Å². The molecule has 1 aliphatic rings. The van der Waals surface area contributed by atoms with Crippen molar-refractivity contribution in [3.05, 3.63) is 17.5 Å². The van der Waals surface area contributed by atoms with E-state index in [-0.39, 0.29) is 5.91 Å². The van der Waals surface area contributed by atoms with Gasteiger partial charge in [-0.05, 0) is 31.7 Å². The average Bonchev–Trinajstić information content (AvgIpc) is 2.67. The number of likely N-dealkylation sites (tertiary alicyclic amines) is 1. The Morgan fingerprint density at radius 1 is 1.65 bits per heavy atom. The first-order valence-corrected chi connectivity index (χ1v) is 7.10. The van der Waals surface area contributed by atoms with Crippen molar-refractivity contribution in [3.8, 4) is 0 Å². The molecule has 1 aliphatic heterocycles. The Kier molecular flexibility index (Phi) is 3.86. The highest BCUT2D eigenvalue weighted by molar-refractivity contribution is 9.09. The van der Waals surface area contributed by atoms with Crippen LogP contribution in [0.25, 0.3) is 0 Å².